The van der Waals surface area contributed by atoms with Gasteiger partial charge in [-0.3, -0.25) is 0 Å². The van der Waals surface area contributed by atoms with Gasteiger partial charge in [0.25, 0.3) is 0 Å². The van der Waals surface area contributed by atoms with Crippen LogP contribution in [0.25, 0.3) is 0 Å². The Balaban J connectivity index is 2.94. The summed E-state index contributed by atoms with van der Waals surface area (Å²) in [5, 5.41) is 0. The summed E-state index contributed by atoms with van der Waals surface area (Å²) >= 11 is 0. The zero-order chi connectivity index (χ0) is 12.4. The zero-order valence-electron chi connectivity index (χ0n) is 11.2. The number of rotatable bonds is 4. The molecule has 1 unspecified atom stereocenters. The van der Waals surface area contributed by atoms with E-state index in [0.717, 1.165) is 12.8 Å². The second-order valence-electron chi connectivity index (χ2n) is 4.43. The fourth-order valence-corrected chi connectivity index (χ4v) is 2.10. The van der Waals surface area contributed by atoms with Crippen LogP contribution in [0, 0.1) is 0 Å². The van der Waals surface area contributed by atoms with E-state index in [2.05, 4.69) is 13.8 Å². The van der Waals surface area contributed by atoms with E-state index < -0.39 is 11.6 Å². The Labute approximate surface area is 98.2 Å². The molecule has 4 nitrogen and oxygen atoms in total. The van der Waals surface area contributed by atoms with Gasteiger partial charge in [-0.15, -0.1) is 0 Å². The molecule has 1 aliphatic rings. The molecule has 1 heterocycles. The van der Waals surface area contributed by atoms with Gasteiger partial charge >= 0.3 is 0 Å². The molecule has 4 heteroatoms. The van der Waals surface area contributed by atoms with Crippen LogP contribution in [0.2, 0.25) is 0 Å². The van der Waals surface area contributed by atoms with Crippen LogP contribution in [-0.4, -0.2) is 38.0 Å². The largest absolute Gasteiger partial charge is 0.349 e. The molecule has 0 aromatic carbocycles. The molecule has 1 saturated heterocycles. The SMILES string of the molecule is CC[C@@H]1OC(C)(OC)[C@@](C)(OC)O[C@H]1CC. The molecule has 0 aliphatic carbocycles. The summed E-state index contributed by atoms with van der Waals surface area (Å²) < 4.78 is 22.9. The predicted molar refractivity (Wildman–Crippen MR) is 61.2 cm³/mol. The van der Waals surface area contributed by atoms with Crippen molar-refractivity contribution in [2.24, 2.45) is 0 Å². The summed E-state index contributed by atoms with van der Waals surface area (Å²) in [6.45, 7) is 7.88. The maximum Gasteiger partial charge on any atom is 0.220 e. The van der Waals surface area contributed by atoms with Gasteiger partial charge in [0.15, 0.2) is 0 Å². The van der Waals surface area contributed by atoms with Crippen molar-refractivity contribution in [1.82, 2.24) is 0 Å². The zero-order valence-corrected chi connectivity index (χ0v) is 11.2. The first-order chi connectivity index (χ1) is 7.46. The number of methoxy groups -OCH3 is 2. The highest BCUT2D eigenvalue weighted by molar-refractivity contribution is 4.90. The van der Waals surface area contributed by atoms with Crippen LogP contribution in [-0.2, 0) is 18.9 Å². The first kappa shape index (κ1) is 13.9. The molecular weight excluding hydrogens is 208 g/mol. The molecule has 1 rings (SSSR count). The van der Waals surface area contributed by atoms with Gasteiger partial charge in [0, 0.05) is 14.2 Å². The van der Waals surface area contributed by atoms with Crippen LogP contribution in [0.1, 0.15) is 40.5 Å². The van der Waals surface area contributed by atoms with Crippen molar-refractivity contribution < 1.29 is 18.9 Å². The predicted octanol–water partition coefficient (Wildman–Crippen LogP) is 2.32. The first-order valence-corrected chi connectivity index (χ1v) is 5.92. The van der Waals surface area contributed by atoms with E-state index >= 15 is 0 Å². The van der Waals surface area contributed by atoms with E-state index in [4.69, 9.17) is 18.9 Å². The Bertz CT molecular complexity index is 209. The summed E-state index contributed by atoms with van der Waals surface area (Å²) in [7, 11) is 3.22. The lowest BCUT2D eigenvalue weighted by molar-refractivity contribution is -0.448. The van der Waals surface area contributed by atoms with Gasteiger partial charge in [-0.25, -0.2) is 0 Å². The van der Waals surface area contributed by atoms with Crippen molar-refractivity contribution >= 4 is 0 Å². The van der Waals surface area contributed by atoms with Gasteiger partial charge in [0.05, 0.1) is 12.2 Å². The maximum atomic E-state index is 6.01. The molecule has 0 spiro atoms. The van der Waals surface area contributed by atoms with E-state index in [-0.39, 0.29) is 12.2 Å². The minimum absolute atomic E-state index is 0.0539. The summed E-state index contributed by atoms with van der Waals surface area (Å²) in [5.74, 6) is -1.73. The maximum absolute atomic E-state index is 6.01. The molecule has 1 fully saturated rings. The quantitative estimate of drug-likeness (QED) is 0.745. The van der Waals surface area contributed by atoms with Gasteiger partial charge in [-0.05, 0) is 26.7 Å². The summed E-state index contributed by atoms with van der Waals surface area (Å²) in [5.41, 5.74) is 0. The average Bonchev–Trinajstić information content (AvgIpc) is 2.31. The summed E-state index contributed by atoms with van der Waals surface area (Å²) in [4.78, 5) is 0. The molecule has 0 amide bonds. The van der Waals surface area contributed by atoms with Crippen molar-refractivity contribution in [3.8, 4) is 0 Å². The number of hydrogen-bond acceptors (Lipinski definition) is 4. The molecule has 0 N–H and O–H groups in total. The lowest BCUT2D eigenvalue weighted by atomic mass is 10.0. The van der Waals surface area contributed by atoms with Crippen molar-refractivity contribution in [2.75, 3.05) is 14.2 Å². The minimum Gasteiger partial charge on any atom is -0.349 e. The smallest absolute Gasteiger partial charge is 0.220 e. The lowest BCUT2D eigenvalue weighted by Gasteiger charge is -2.52. The van der Waals surface area contributed by atoms with Crippen LogP contribution >= 0.6 is 0 Å². The minimum atomic E-state index is -0.867. The third-order valence-corrected chi connectivity index (χ3v) is 3.58. The van der Waals surface area contributed by atoms with E-state index in [0.29, 0.717) is 0 Å². The fourth-order valence-electron chi connectivity index (χ4n) is 2.10. The van der Waals surface area contributed by atoms with Gasteiger partial charge in [0.2, 0.25) is 11.6 Å². The number of hydrogen-bond donors (Lipinski definition) is 0. The Hall–Kier alpha value is -0.160. The second kappa shape index (κ2) is 5.00. The molecule has 16 heavy (non-hydrogen) atoms. The van der Waals surface area contributed by atoms with E-state index in [1.807, 2.05) is 13.8 Å². The monoisotopic (exact) mass is 232 g/mol. The Kier molecular flexibility index (Phi) is 4.35. The third-order valence-electron chi connectivity index (χ3n) is 3.58. The van der Waals surface area contributed by atoms with Crippen LogP contribution in [0.5, 0.6) is 0 Å². The average molecular weight is 232 g/mol. The van der Waals surface area contributed by atoms with Crippen LogP contribution < -0.4 is 0 Å². The highest BCUT2D eigenvalue weighted by Crippen LogP contribution is 2.40. The topological polar surface area (TPSA) is 36.9 Å². The number of ether oxygens (including phenoxy) is 4. The van der Waals surface area contributed by atoms with Gasteiger partial charge < -0.3 is 18.9 Å². The first-order valence-electron chi connectivity index (χ1n) is 5.92. The van der Waals surface area contributed by atoms with Crippen molar-refractivity contribution in [3.05, 3.63) is 0 Å². The molecular formula is C12H24O4. The van der Waals surface area contributed by atoms with Crippen LogP contribution in [0.4, 0.5) is 0 Å². The highest BCUT2D eigenvalue weighted by atomic mass is 16.8. The third kappa shape index (κ3) is 2.12. The van der Waals surface area contributed by atoms with Gasteiger partial charge in [-0.1, -0.05) is 13.8 Å². The molecule has 1 aliphatic heterocycles. The summed E-state index contributed by atoms with van der Waals surface area (Å²) in [6, 6.07) is 0. The normalized spacial score (nSPS) is 44.6. The lowest BCUT2D eigenvalue weighted by Crippen LogP contribution is -2.65. The van der Waals surface area contributed by atoms with Crippen molar-refractivity contribution in [1.29, 1.82) is 0 Å². The highest BCUT2D eigenvalue weighted by Gasteiger charge is 2.55. The van der Waals surface area contributed by atoms with Gasteiger partial charge in [-0.2, -0.15) is 0 Å². The van der Waals surface area contributed by atoms with Gasteiger partial charge in [0.1, 0.15) is 0 Å². The molecule has 0 bridgehead atoms. The second-order valence-corrected chi connectivity index (χ2v) is 4.43. The van der Waals surface area contributed by atoms with Crippen molar-refractivity contribution in [2.45, 2.75) is 64.3 Å². The Morgan fingerprint density at radius 2 is 1.19 bits per heavy atom. The Morgan fingerprint density at radius 1 is 0.875 bits per heavy atom. The molecule has 96 valence electrons. The van der Waals surface area contributed by atoms with Crippen LogP contribution in [0.3, 0.4) is 0 Å². The standard InChI is InChI=1S/C12H24O4/c1-7-9-10(8-2)16-12(4,14-6)11(3,13-5)15-9/h9-10H,7-8H2,1-6H3/t9-,10-,11-,12?/m0/s1. The molecule has 4 atom stereocenters. The fraction of sp³-hybridized carbons (Fsp3) is 1.00. The van der Waals surface area contributed by atoms with Crippen LogP contribution in [0.15, 0.2) is 0 Å². The van der Waals surface area contributed by atoms with E-state index in [1.54, 1.807) is 14.2 Å². The molecule has 0 saturated carbocycles. The van der Waals surface area contributed by atoms with E-state index in [9.17, 15) is 0 Å². The summed E-state index contributed by atoms with van der Waals surface area (Å²) in [6.07, 6.45) is 1.91. The van der Waals surface area contributed by atoms with Crippen molar-refractivity contribution in [3.63, 3.8) is 0 Å². The van der Waals surface area contributed by atoms with E-state index in [1.165, 1.54) is 0 Å². The molecule has 0 aromatic rings. The molecule has 0 aromatic heterocycles. The molecule has 0 radical (unpaired) electrons. The Morgan fingerprint density at radius 3 is 1.38 bits per heavy atom.